The van der Waals surface area contributed by atoms with Crippen LogP contribution in [-0.4, -0.2) is 17.1 Å². The first-order valence-corrected chi connectivity index (χ1v) is 8.41. The number of carbonyl (C=O) groups excluding carboxylic acids is 1. The molecule has 0 fully saturated rings. The molecule has 7 heteroatoms. The van der Waals surface area contributed by atoms with Gasteiger partial charge in [-0.25, -0.2) is 14.8 Å². The molecule has 1 N–H and O–H groups in total. The lowest BCUT2D eigenvalue weighted by atomic mass is 10.2. The van der Waals surface area contributed by atoms with Crippen LogP contribution in [0.1, 0.15) is 21.5 Å². The van der Waals surface area contributed by atoms with Crippen molar-refractivity contribution >= 4 is 23.7 Å². The number of hydrogen-bond acceptors (Lipinski definition) is 4. The van der Waals surface area contributed by atoms with Crippen molar-refractivity contribution in [2.45, 2.75) is 6.61 Å². The highest BCUT2D eigenvalue weighted by Gasteiger charge is 2.09. The number of halogens is 2. The predicted molar refractivity (Wildman–Crippen MR) is 101 cm³/mol. The van der Waals surface area contributed by atoms with Gasteiger partial charge in [0.15, 0.2) is 0 Å². The summed E-state index contributed by atoms with van der Waals surface area (Å²) in [7, 11) is 0. The molecule has 0 radical (unpaired) electrons. The average molecular weight is 384 g/mol. The first-order valence-electron chi connectivity index (χ1n) is 8.03. The molecule has 0 aliphatic carbocycles. The average Bonchev–Trinajstić information content (AvgIpc) is 2.67. The third kappa shape index (κ3) is 5.12. The van der Waals surface area contributed by atoms with Gasteiger partial charge in [-0.1, -0.05) is 35.9 Å². The Balaban J connectivity index is 1.66. The molecule has 0 unspecified atom stereocenters. The standard InChI is InChI=1S/C20H15ClFN3O2/c21-19-17(8-4-10-23-19)20(26)25-24-12-15-6-1-2-9-18(15)27-13-14-5-3-7-16(22)11-14/h1-12H,13H2,(H,25,26). The van der Waals surface area contributed by atoms with Gasteiger partial charge in [-0.15, -0.1) is 0 Å². The number of ether oxygens (including phenoxy) is 1. The normalized spacial score (nSPS) is 10.7. The van der Waals surface area contributed by atoms with Crippen LogP contribution in [0, 0.1) is 5.82 Å². The summed E-state index contributed by atoms with van der Waals surface area (Å²) < 4.78 is 19.0. The second-order valence-electron chi connectivity index (χ2n) is 5.50. The monoisotopic (exact) mass is 383 g/mol. The first kappa shape index (κ1) is 18.5. The predicted octanol–water partition coefficient (Wildman–Crippen LogP) is 4.22. The van der Waals surface area contributed by atoms with Gasteiger partial charge < -0.3 is 4.74 Å². The van der Waals surface area contributed by atoms with Crippen molar-refractivity contribution in [1.29, 1.82) is 0 Å². The van der Waals surface area contributed by atoms with E-state index in [4.69, 9.17) is 16.3 Å². The highest BCUT2D eigenvalue weighted by Crippen LogP contribution is 2.18. The number of aromatic nitrogens is 1. The molecule has 2 aromatic carbocycles. The summed E-state index contributed by atoms with van der Waals surface area (Å²) >= 11 is 5.88. The number of para-hydroxylation sites is 1. The third-order valence-corrected chi connectivity index (χ3v) is 3.88. The number of nitrogens with one attached hydrogen (secondary N) is 1. The fourth-order valence-electron chi connectivity index (χ4n) is 2.28. The minimum absolute atomic E-state index is 0.101. The lowest BCUT2D eigenvalue weighted by molar-refractivity contribution is 0.0955. The number of nitrogens with zero attached hydrogens (tertiary/aromatic N) is 2. The van der Waals surface area contributed by atoms with Crippen molar-refractivity contribution in [3.8, 4) is 5.75 Å². The quantitative estimate of drug-likeness (QED) is 0.394. The fourth-order valence-corrected chi connectivity index (χ4v) is 2.49. The maximum atomic E-state index is 13.3. The second-order valence-corrected chi connectivity index (χ2v) is 5.86. The SMILES string of the molecule is O=C(NN=Cc1ccccc1OCc1cccc(F)c1)c1cccnc1Cl. The van der Waals surface area contributed by atoms with Gasteiger partial charge in [-0.05, 0) is 42.0 Å². The number of benzene rings is 2. The van der Waals surface area contributed by atoms with Crippen LogP contribution in [0.4, 0.5) is 4.39 Å². The molecule has 0 saturated heterocycles. The zero-order chi connectivity index (χ0) is 19.1. The summed E-state index contributed by atoms with van der Waals surface area (Å²) in [5.41, 5.74) is 3.99. The van der Waals surface area contributed by atoms with Crippen molar-refractivity contribution in [3.05, 3.63) is 94.5 Å². The molecule has 0 aliphatic rings. The van der Waals surface area contributed by atoms with Crippen LogP contribution in [0.2, 0.25) is 5.15 Å². The summed E-state index contributed by atoms with van der Waals surface area (Å²) in [4.78, 5) is 15.9. The summed E-state index contributed by atoms with van der Waals surface area (Å²) in [6.07, 6.45) is 2.96. The summed E-state index contributed by atoms with van der Waals surface area (Å²) in [5.74, 6) is -0.232. The van der Waals surface area contributed by atoms with Crippen molar-refractivity contribution in [2.75, 3.05) is 0 Å². The summed E-state index contributed by atoms with van der Waals surface area (Å²) in [6, 6.07) is 16.5. The summed E-state index contributed by atoms with van der Waals surface area (Å²) in [6.45, 7) is 0.209. The molecule has 3 rings (SSSR count). The summed E-state index contributed by atoms with van der Waals surface area (Å²) in [5, 5.41) is 4.04. The Labute approximate surface area is 160 Å². The molecule has 0 atom stereocenters. The molecular weight excluding hydrogens is 369 g/mol. The zero-order valence-electron chi connectivity index (χ0n) is 14.1. The van der Waals surface area contributed by atoms with E-state index >= 15 is 0 Å². The van der Waals surface area contributed by atoms with Gasteiger partial charge in [0.25, 0.3) is 5.91 Å². The van der Waals surface area contributed by atoms with E-state index in [9.17, 15) is 9.18 Å². The number of rotatable bonds is 6. The minimum atomic E-state index is -0.470. The maximum absolute atomic E-state index is 13.3. The van der Waals surface area contributed by atoms with Gasteiger partial charge >= 0.3 is 0 Å². The number of amides is 1. The van der Waals surface area contributed by atoms with E-state index in [1.165, 1.54) is 24.5 Å². The van der Waals surface area contributed by atoms with E-state index in [1.54, 1.807) is 36.4 Å². The topological polar surface area (TPSA) is 63.6 Å². The van der Waals surface area contributed by atoms with E-state index in [0.717, 1.165) is 0 Å². The number of pyridine rings is 1. The van der Waals surface area contributed by atoms with Gasteiger partial charge in [-0.3, -0.25) is 4.79 Å². The number of hydrazone groups is 1. The molecule has 1 amide bonds. The first-order chi connectivity index (χ1) is 13.1. The lowest BCUT2D eigenvalue weighted by Crippen LogP contribution is -2.18. The van der Waals surface area contributed by atoms with Gasteiger partial charge in [0.1, 0.15) is 23.3 Å². The van der Waals surface area contributed by atoms with Crippen molar-refractivity contribution < 1.29 is 13.9 Å². The Kier molecular flexibility index (Phi) is 6.12. The smallest absolute Gasteiger partial charge is 0.274 e. The van der Waals surface area contributed by atoms with Gasteiger partial charge in [-0.2, -0.15) is 5.10 Å². The zero-order valence-corrected chi connectivity index (χ0v) is 14.9. The Bertz CT molecular complexity index is 979. The van der Waals surface area contributed by atoms with Gasteiger partial charge in [0, 0.05) is 11.8 Å². The lowest BCUT2D eigenvalue weighted by Gasteiger charge is -2.09. The Hall–Kier alpha value is -3.25. The molecule has 1 heterocycles. The van der Waals surface area contributed by atoms with E-state index in [1.807, 2.05) is 12.1 Å². The van der Waals surface area contributed by atoms with Gasteiger partial charge in [0.05, 0.1) is 11.8 Å². The van der Waals surface area contributed by atoms with E-state index in [-0.39, 0.29) is 23.1 Å². The van der Waals surface area contributed by atoms with Crippen LogP contribution in [0.15, 0.2) is 72.0 Å². The van der Waals surface area contributed by atoms with Crippen LogP contribution in [0.5, 0.6) is 5.75 Å². The fraction of sp³-hybridized carbons (Fsp3) is 0.0500. The van der Waals surface area contributed by atoms with Gasteiger partial charge in [0.2, 0.25) is 0 Å². The molecule has 0 saturated carbocycles. The molecule has 5 nitrogen and oxygen atoms in total. The van der Waals surface area contributed by atoms with E-state index in [2.05, 4.69) is 15.5 Å². The Morgan fingerprint density at radius 3 is 2.85 bits per heavy atom. The van der Waals surface area contributed by atoms with Crippen LogP contribution in [-0.2, 0) is 6.61 Å². The molecule has 136 valence electrons. The highest BCUT2D eigenvalue weighted by molar-refractivity contribution is 6.32. The highest BCUT2D eigenvalue weighted by atomic mass is 35.5. The van der Waals surface area contributed by atoms with E-state index in [0.29, 0.717) is 16.9 Å². The second kappa shape index (κ2) is 8.91. The van der Waals surface area contributed by atoms with E-state index < -0.39 is 5.91 Å². The Morgan fingerprint density at radius 1 is 1.19 bits per heavy atom. The van der Waals surface area contributed by atoms with Crippen LogP contribution < -0.4 is 10.2 Å². The molecular formula is C20H15ClFN3O2. The molecule has 27 heavy (non-hydrogen) atoms. The molecule has 0 aliphatic heterocycles. The van der Waals surface area contributed by atoms with Crippen molar-refractivity contribution in [2.24, 2.45) is 5.10 Å². The van der Waals surface area contributed by atoms with Crippen LogP contribution in [0.3, 0.4) is 0 Å². The van der Waals surface area contributed by atoms with Crippen LogP contribution in [0.25, 0.3) is 0 Å². The molecule has 3 aromatic rings. The van der Waals surface area contributed by atoms with Crippen molar-refractivity contribution in [3.63, 3.8) is 0 Å². The van der Waals surface area contributed by atoms with Crippen LogP contribution >= 0.6 is 11.6 Å². The number of hydrogen-bond donors (Lipinski definition) is 1. The molecule has 0 spiro atoms. The Morgan fingerprint density at radius 2 is 2.04 bits per heavy atom. The molecule has 0 bridgehead atoms. The minimum Gasteiger partial charge on any atom is -0.488 e. The largest absolute Gasteiger partial charge is 0.488 e. The molecule has 1 aromatic heterocycles. The van der Waals surface area contributed by atoms with Crippen molar-refractivity contribution in [1.82, 2.24) is 10.4 Å². The maximum Gasteiger partial charge on any atom is 0.274 e. The number of carbonyl (C=O) groups is 1. The third-order valence-electron chi connectivity index (χ3n) is 3.58.